The lowest BCUT2D eigenvalue weighted by Gasteiger charge is -2.25. The van der Waals surface area contributed by atoms with Crippen molar-refractivity contribution in [2.75, 3.05) is 20.6 Å². The Bertz CT molecular complexity index is 449. The average molecular weight is 284 g/mol. The van der Waals surface area contributed by atoms with Crippen LogP contribution in [-0.4, -0.2) is 37.5 Å². The summed E-state index contributed by atoms with van der Waals surface area (Å²) in [6, 6.07) is 4.20. The van der Waals surface area contributed by atoms with Crippen molar-refractivity contribution in [2.24, 2.45) is 5.92 Å². The number of nitrogens with zero attached hydrogens (tertiary/aromatic N) is 1. The van der Waals surface area contributed by atoms with Crippen molar-refractivity contribution >= 4 is 18.5 Å². The summed E-state index contributed by atoms with van der Waals surface area (Å²) in [5, 5.41) is 2.88. The largest absolute Gasteiger partial charge is 0.348 e. The topological polar surface area (TPSA) is 32.3 Å². The molecule has 0 aliphatic carbocycles. The van der Waals surface area contributed by atoms with Crippen LogP contribution in [0.3, 0.4) is 0 Å². The Morgan fingerprint density at radius 1 is 1.42 bits per heavy atom. The van der Waals surface area contributed by atoms with Crippen LogP contribution in [0.4, 0.5) is 4.39 Å². The number of hydrogen-bond acceptors (Lipinski definition) is 3. The van der Waals surface area contributed by atoms with Crippen LogP contribution in [0.15, 0.2) is 23.1 Å². The second-order valence-electron chi connectivity index (χ2n) is 5.25. The molecule has 0 aromatic heterocycles. The van der Waals surface area contributed by atoms with Crippen LogP contribution in [0.25, 0.3) is 0 Å². The predicted molar refractivity (Wildman–Crippen MR) is 78.3 cm³/mol. The molecule has 0 fully saturated rings. The van der Waals surface area contributed by atoms with Gasteiger partial charge in [0.1, 0.15) is 5.82 Å². The highest BCUT2D eigenvalue weighted by molar-refractivity contribution is 7.80. The second kappa shape index (κ2) is 6.91. The molecule has 1 atom stereocenters. The Balaban J connectivity index is 2.84. The molecule has 106 valence electrons. The van der Waals surface area contributed by atoms with Crippen LogP contribution in [0.1, 0.15) is 24.2 Å². The van der Waals surface area contributed by atoms with E-state index in [9.17, 15) is 9.18 Å². The van der Waals surface area contributed by atoms with Crippen molar-refractivity contribution in [1.82, 2.24) is 10.2 Å². The number of likely N-dealkylation sites (N-methyl/N-ethyl adjacent to an activating group) is 1. The first-order chi connectivity index (χ1) is 8.81. The van der Waals surface area contributed by atoms with Crippen molar-refractivity contribution in [2.45, 2.75) is 24.8 Å². The molecule has 0 heterocycles. The summed E-state index contributed by atoms with van der Waals surface area (Å²) in [7, 11) is 3.88. The zero-order valence-corrected chi connectivity index (χ0v) is 12.7. The number of amides is 1. The number of halogens is 1. The van der Waals surface area contributed by atoms with Gasteiger partial charge in [-0.15, -0.1) is 12.6 Å². The third-order valence-electron chi connectivity index (χ3n) is 2.88. The Labute approximate surface area is 119 Å². The second-order valence-corrected chi connectivity index (χ2v) is 5.77. The molecule has 1 N–H and O–H groups in total. The lowest BCUT2D eigenvalue weighted by atomic mass is 10.0. The summed E-state index contributed by atoms with van der Waals surface area (Å²) < 4.78 is 13.6. The summed E-state index contributed by atoms with van der Waals surface area (Å²) in [5.74, 6) is -0.648. The number of nitrogens with one attached hydrogen (secondary N) is 1. The Morgan fingerprint density at radius 2 is 2.05 bits per heavy atom. The van der Waals surface area contributed by atoms with Gasteiger partial charge in [-0.2, -0.15) is 0 Å². The quantitative estimate of drug-likeness (QED) is 0.814. The minimum Gasteiger partial charge on any atom is -0.348 e. The fourth-order valence-corrected chi connectivity index (χ4v) is 1.95. The van der Waals surface area contributed by atoms with Gasteiger partial charge in [-0.25, -0.2) is 4.39 Å². The van der Waals surface area contributed by atoms with Crippen molar-refractivity contribution in [3.05, 3.63) is 29.6 Å². The molecule has 0 spiro atoms. The van der Waals surface area contributed by atoms with Gasteiger partial charge in [-0.05, 0) is 38.2 Å². The van der Waals surface area contributed by atoms with Crippen molar-refractivity contribution in [1.29, 1.82) is 0 Å². The van der Waals surface area contributed by atoms with Gasteiger partial charge in [0, 0.05) is 17.5 Å². The number of hydrogen-bond donors (Lipinski definition) is 2. The molecule has 0 aliphatic heterocycles. The van der Waals surface area contributed by atoms with Crippen LogP contribution < -0.4 is 5.32 Å². The molecule has 1 rings (SSSR count). The van der Waals surface area contributed by atoms with Gasteiger partial charge in [-0.3, -0.25) is 4.79 Å². The van der Waals surface area contributed by atoms with E-state index in [0.717, 1.165) is 0 Å². The summed E-state index contributed by atoms with van der Waals surface area (Å²) >= 11 is 4.13. The lowest BCUT2D eigenvalue weighted by molar-refractivity contribution is 0.0912. The van der Waals surface area contributed by atoms with Crippen LogP contribution >= 0.6 is 12.6 Å². The summed E-state index contributed by atoms with van der Waals surface area (Å²) in [6.07, 6.45) is 0. The highest BCUT2D eigenvalue weighted by atomic mass is 32.1. The molecule has 1 amide bonds. The van der Waals surface area contributed by atoms with Gasteiger partial charge in [-0.1, -0.05) is 13.8 Å². The monoisotopic (exact) mass is 284 g/mol. The number of carbonyl (C=O) groups is 1. The van der Waals surface area contributed by atoms with Crippen molar-refractivity contribution < 1.29 is 9.18 Å². The van der Waals surface area contributed by atoms with Gasteiger partial charge in [0.15, 0.2) is 0 Å². The van der Waals surface area contributed by atoms with Gasteiger partial charge in [0.25, 0.3) is 5.91 Å². The zero-order valence-electron chi connectivity index (χ0n) is 11.8. The van der Waals surface area contributed by atoms with E-state index in [-0.39, 0.29) is 17.5 Å². The van der Waals surface area contributed by atoms with E-state index in [4.69, 9.17) is 0 Å². The maximum absolute atomic E-state index is 13.6. The molecule has 1 aromatic rings. The van der Waals surface area contributed by atoms with E-state index >= 15 is 0 Å². The minimum absolute atomic E-state index is 0.0227. The molecular weight excluding hydrogens is 263 g/mol. The standard InChI is InChI=1S/C14H21FN2OS/c1-9(2)13(8-17(3)4)16-14(18)11-7-10(19)5-6-12(11)15/h5-7,9,13,19H,8H2,1-4H3,(H,16,18). The first-order valence-corrected chi connectivity index (χ1v) is 6.70. The smallest absolute Gasteiger partial charge is 0.254 e. The fourth-order valence-electron chi connectivity index (χ4n) is 1.75. The van der Waals surface area contributed by atoms with Crippen LogP contribution in [0, 0.1) is 11.7 Å². The van der Waals surface area contributed by atoms with Crippen molar-refractivity contribution in [3.8, 4) is 0 Å². The number of benzene rings is 1. The molecule has 0 saturated carbocycles. The molecule has 1 unspecified atom stereocenters. The molecule has 1 aromatic carbocycles. The Kier molecular flexibility index (Phi) is 5.82. The Hall–Kier alpha value is -1.07. The van der Waals surface area contributed by atoms with E-state index in [0.29, 0.717) is 11.4 Å². The highest BCUT2D eigenvalue weighted by Crippen LogP contribution is 2.14. The predicted octanol–water partition coefficient (Wildman–Crippen LogP) is 2.43. The molecule has 5 heteroatoms. The third kappa shape index (κ3) is 4.84. The summed E-state index contributed by atoms with van der Waals surface area (Å²) in [5.41, 5.74) is 0.0388. The Morgan fingerprint density at radius 3 is 2.58 bits per heavy atom. The maximum atomic E-state index is 13.6. The van der Waals surface area contributed by atoms with Crippen LogP contribution in [0.2, 0.25) is 0 Å². The molecule has 0 bridgehead atoms. The van der Waals surface area contributed by atoms with Gasteiger partial charge in [0.05, 0.1) is 5.56 Å². The van der Waals surface area contributed by atoms with Gasteiger partial charge >= 0.3 is 0 Å². The van der Waals surface area contributed by atoms with Gasteiger partial charge in [0.2, 0.25) is 0 Å². The fraction of sp³-hybridized carbons (Fsp3) is 0.500. The van der Waals surface area contributed by atoms with Crippen molar-refractivity contribution in [3.63, 3.8) is 0 Å². The number of carbonyl (C=O) groups excluding carboxylic acids is 1. The van der Waals surface area contributed by atoms with Gasteiger partial charge < -0.3 is 10.2 Å². The third-order valence-corrected chi connectivity index (χ3v) is 3.16. The molecule has 19 heavy (non-hydrogen) atoms. The maximum Gasteiger partial charge on any atom is 0.254 e. The van der Waals surface area contributed by atoms with Crippen LogP contribution in [-0.2, 0) is 0 Å². The van der Waals surface area contributed by atoms with E-state index in [1.165, 1.54) is 18.2 Å². The molecule has 0 radical (unpaired) electrons. The summed E-state index contributed by atoms with van der Waals surface area (Å²) in [4.78, 5) is 14.7. The average Bonchev–Trinajstić information content (AvgIpc) is 2.30. The van der Waals surface area contributed by atoms with E-state index in [2.05, 4.69) is 17.9 Å². The summed E-state index contributed by atoms with van der Waals surface area (Å²) in [6.45, 7) is 4.77. The first kappa shape index (κ1) is 16.0. The zero-order chi connectivity index (χ0) is 14.6. The van der Waals surface area contributed by atoms with E-state index in [1.807, 2.05) is 32.8 Å². The lowest BCUT2D eigenvalue weighted by Crippen LogP contribution is -2.45. The SMILES string of the molecule is CC(C)C(CN(C)C)NC(=O)c1cc(S)ccc1F. The highest BCUT2D eigenvalue weighted by Gasteiger charge is 2.20. The molecule has 3 nitrogen and oxygen atoms in total. The molecule has 0 aliphatic rings. The molecular formula is C14H21FN2OS. The number of rotatable bonds is 5. The normalized spacial score (nSPS) is 12.8. The van der Waals surface area contributed by atoms with E-state index < -0.39 is 11.7 Å². The minimum atomic E-state index is -0.525. The van der Waals surface area contributed by atoms with Crippen LogP contribution in [0.5, 0.6) is 0 Å². The number of thiol groups is 1. The first-order valence-electron chi connectivity index (χ1n) is 6.25. The molecule has 0 saturated heterocycles. The van der Waals surface area contributed by atoms with E-state index in [1.54, 1.807) is 0 Å².